The summed E-state index contributed by atoms with van der Waals surface area (Å²) in [5.41, 5.74) is 6.14. The summed E-state index contributed by atoms with van der Waals surface area (Å²) in [6.45, 7) is 0. The molecule has 0 aliphatic rings. The van der Waals surface area contributed by atoms with Crippen molar-refractivity contribution in [3.63, 3.8) is 0 Å². The van der Waals surface area contributed by atoms with Gasteiger partial charge in [0.2, 0.25) is 5.95 Å². The Hall–Kier alpha value is -3.09. The maximum atomic E-state index is 13.3. The van der Waals surface area contributed by atoms with Gasteiger partial charge in [-0.2, -0.15) is 18.2 Å². The van der Waals surface area contributed by atoms with E-state index in [4.69, 9.17) is 5.73 Å². The van der Waals surface area contributed by atoms with Crippen LogP contribution in [0.2, 0.25) is 0 Å². The van der Waals surface area contributed by atoms with Gasteiger partial charge in [0.15, 0.2) is 0 Å². The van der Waals surface area contributed by atoms with Crippen LogP contribution < -0.4 is 11.1 Å². The second kappa shape index (κ2) is 6.80. The van der Waals surface area contributed by atoms with Gasteiger partial charge in [-0.15, -0.1) is 0 Å². The molecule has 25 heavy (non-hydrogen) atoms. The first-order chi connectivity index (χ1) is 11.9. The van der Waals surface area contributed by atoms with Crippen LogP contribution in [0.25, 0.3) is 0 Å². The van der Waals surface area contributed by atoms with Gasteiger partial charge < -0.3 is 11.1 Å². The standard InChI is InChI=1S/C18H15F3N4/c19-18(20,21)14-11-23-17(22)25-16(14)24-15(12-7-3-1-4-8-12)13-9-5-2-6-10-13/h1-11,15H,(H3,22,23,24,25). The first kappa shape index (κ1) is 16.8. The average Bonchev–Trinajstić information content (AvgIpc) is 2.60. The largest absolute Gasteiger partial charge is 0.421 e. The molecule has 1 heterocycles. The Morgan fingerprint density at radius 1 is 0.880 bits per heavy atom. The van der Waals surface area contributed by atoms with Gasteiger partial charge in [0.05, 0.1) is 6.04 Å². The molecule has 0 spiro atoms. The zero-order valence-electron chi connectivity index (χ0n) is 13.0. The summed E-state index contributed by atoms with van der Waals surface area (Å²) in [6.07, 6.45) is -3.90. The van der Waals surface area contributed by atoms with Gasteiger partial charge in [-0.3, -0.25) is 0 Å². The molecule has 0 saturated carbocycles. The summed E-state index contributed by atoms with van der Waals surface area (Å²) in [4.78, 5) is 7.23. The highest BCUT2D eigenvalue weighted by Crippen LogP contribution is 2.36. The molecule has 0 fully saturated rings. The minimum absolute atomic E-state index is 0.227. The van der Waals surface area contributed by atoms with E-state index in [0.29, 0.717) is 6.20 Å². The fraction of sp³-hybridized carbons (Fsp3) is 0.111. The Bertz CT molecular complexity index is 796. The third-order valence-electron chi connectivity index (χ3n) is 3.66. The van der Waals surface area contributed by atoms with Gasteiger partial charge in [-0.1, -0.05) is 60.7 Å². The fourth-order valence-electron chi connectivity index (χ4n) is 2.50. The first-order valence-corrected chi connectivity index (χ1v) is 7.51. The molecular formula is C18H15F3N4. The Labute approximate surface area is 142 Å². The van der Waals surface area contributed by atoms with Crippen LogP contribution in [-0.2, 0) is 6.18 Å². The molecule has 0 bridgehead atoms. The van der Waals surface area contributed by atoms with Crippen LogP contribution in [0.3, 0.4) is 0 Å². The van der Waals surface area contributed by atoms with Crippen LogP contribution >= 0.6 is 0 Å². The Kier molecular flexibility index (Phi) is 4.56. The third kappa shape index (κ3) is 3.88. The van der Waals surface area contributed by atoms with Crippen molar-refractivity contribution in [3.05, 3.63) is 83.6 Å². The van der Waals surface area contributed by atoms with Crippen molar-refractivity contribution in [1.29, 1.82) is 0 Å². The van der Waals surface area contributed by atoms with Gasteiger partial charge in [-0.05, 0) is 11.1 Å². The molecule has 0 amide bonds. The number of hydrogen-bond acceptors (Lipinski definition) is 4. The van der Waals surface area contributed by atoms with Gasteiger partial charge in [0.25, 0.3) is 0 Å². The smallest absolute Gasteiger partial charge is 0.368 e. The lowest BCUT2D eigenvalue weighted by molar-refractivity contribution is -0.137. The molecule has 0 radical (unpaired) electrons. The molecule has 3 aromatic rings. The highest BCUT2D eigenvalue weighted by molar-refractivity contribution is 5.52. The van der Waals surface area contributed by atoms with E-state index in [-0.39, 0.29) is 11.8 Å². The molecule has 3 N–H and O–H groups in total. The number of nitrogens with one attached hydrogen (secondary N) is 1. The second-order valence-electron chi connectivity index (χ2n) is 5.39. The lowest BCUT2D eigenvalue weighted by atomic mass is 9.98. The van der Waals surface area contributed by atoms with E-state index in [9.17, 15) is 13.2 Å². The minimum Gasteiger partial charge on any atom is -0.368 e. The zero-order valence-corrected chi connectivity index (χ0v) is 13.0. The third-order valence-corrected chi connectivity index (χ3v) is 3.66. The highest BCUT2D eigenvalue weighted by Gasteiger charge is 2.36. The molecule has 0 atom stereocenters. The van der Waals surface area contributed by atoms with E-state index >= 15 is 0 Å². The Morgan fingerprint density at radius 2 is 1.40 bits per heavy atom. The topological polar surface area (TPSA) is 63.8 Å². The summed E-state index contributed by atoms with van der Waals surface area (Å²) < 4.78 is 39.8. The average molecular weight is 344 g/mol. The fourth-order valence-corrected chi connectivity index (χ4v) is 2.50. The lowest BCUT2D eigenvalue weighted by Crippen LogP contribution is -2.19. The number of alkyl halides is 3. The molecule has 7 heteroatoms. The van der Waals surface area contributed by atoms with Gasteiger partial charge in [0, 0.05) is 6.20 Å². The summed E-state index contributed by atoms with van der Waals surface area (Å²) in [5.74, 6) is -0.576. The number of halogens is 3. The predicted octanol–water partition coefficient (Wildman–Crippen LogP) is 4.28. The lowest BCUT2D eigenvalue weighted by Gasteiger charge is -2.22. The maximum absolute atomic E-state index is 13.3. The summed E-state index contributed by atoms with van der Waals surface area (Å²) in [5, 5.41) is 2.88. The number of nitrogens with zero attached hydrogens (tertiary/aromatic N) is 2. The molecule has 4 nitrogen and oxygen atoms in total. The summed E-state index contributed by atoms with van der Waals surface area (Å²) >= 11 is 0. The Morgan fingerprint density at radius 3 is 1.88 bits per heavy atom. The second-order valence-corrected chi connectivity index (χ2v) is 5.39. The molecular weight excluding hydrogens is 329 g/mol. The van der Waals surface area contributed by atoms with Crippen molar-refractivity contribution in [2.24, 2.45) is 0 Å². The first-order valence-electron chi connectivity index (χ1n) is 7.51. The quantitative estimate of drug-likeness (QED) is 0.741. The molecule has 0 aliphatic carbocycles. The summed E-state index contributed by atoms with van der Waals surface area (Å²) in [6, 6.07) is 17.8. The van der Waals surface area contributed by atoms with Crippen LogP contribution in [-0.4, -0.2) is 9.97 Å². The monoisotopic (exact) mass is 344 g/mol. The highest BCUT2D eigenvalue weighted by atomic mass is 19.4. The van der Waals surface area contributed by atoms with E-state index in [2.05, 4.69) is 15.3 Å². The minimum atomic E-state index is -4.59. The van der Waals surface area contributed by atoms with Crippen molar-refractivity contribution < 1.29 is 13.2 Å². The van der Waals surface area contributed by atoms with Gasteiger partial charge in [-0.25, -0.2) is 4.98 Å². The number of anilines is 2. The van der Waals surface area contributed by atoms with Crippen LogP contribution in [0, 0.1) is 0 Å². The van der Waals surface area contributed by atoms with Crippen molar-refractivity contribution in [3.8, 4) is 0 Å². The van der Waals surface area contributed by atoms with Gasteiger partial charge >= 0.3 is 6.18 Å². The summed E-state index contributed by atoms with van der Waals surface area (Å²) in [7, 11) is 0. The van der Waals surface area contributed by atoms with E-state index < -0.39 is 17.8 Å². The van der Waals surface area contributed by atoms with Crippen molar-refractivity contribution in [2.75, 3.05) is 11.1 Å². The normalized spacial score (nSPS) is 11.5. The molecule has 128 valence electrons. The van der Waals surface area contributed by atoms with Gasteiger partial charge in [0.1, 0.15) is 11.4 Å². The number of benzene rings is 2. The van der Waals surface area contributed by atoms with Crippen molar-refractivity contribution in [1.82, 2.24) is 9.97 Å². The number of nitrogen functional groups attached to an aromatic ring is 1. The number of aromatic nitrogens is 2. The van der Waals surface area contributed by atoms with E-state index in [1.807, 2.05) is 60.7 Å². The van der Waals surface area contributed by atoms with Crippen LogP contribution in [0.1, 0.15) is 22.7 Å². The van der Waals surface area contributed by atoms with Crippen molar-refractivity contribution >= 4 is 11.8 Å². The number of nitrogens with two attached hydrogens (primary N) is 1. The van der Waals surface area contributed by atoms with E-state index in [0.717, 1.165) is 11.1 Å². The molecule has 0 aliphatic heterocycles. The van der Waals surface area contributed by atoms with Crippen molar-refractivity contribution in [2.45, 2.75) is 12.2 Å². The number of hydrogen-bond donors (Lipinski definition) is 2. The maximum Gasteiger partial charge on any atom is 0.421 e. The predicted molar refractivity (Wildman–Crippen MR) is 89.8 cm³/mol. The van der Waals surface area contributed by atoms with E-state index in [1.165, 1.54) is 0 Å². The molecule has 0 unspecified atom stereocenters. The SMILES string of the molecule is Nc1ncc(C(F)(F)F)c(NC(c2ccccc2)c2ccccc2)n1. The molecule has 0 saturated heterocycles. The van der Waals surface area contributed by atoms with Crippen LogP contribution in [0.4, 0.5) is 24.9 Å². The van der Waals surface area contributed by atoms with Crippen LogP contribution in [0.5, 0.6) is 0 Å². The zero-order chi connectivity index (χ0) is 17.9. The van der Waals surface area contributed by atoms with Crippen LogP contribution in [0.15, 0.2) is 66.9 Å². The molecule has 3 rings (SSSR count). The number of rotatable bonds is 4. The van der Waals surface area contributed by atoms with E-state index in [1.54, 1.807) is 0 Å². The molecule has 1 aromatic heterocycles. The molecule has 2 aromatic carbocycles. The Balaban J connectivity index is 2.07.